The van der Waals surface area contributed by atoms with Crippen molar-refractivity contribution in [3.63, 3.8) is 0 Å². The van der Waals surface area contributed by atoms with Gasteiger partial charge in [0.1, 0.15) is 17.3 Å². The van der Waals surface area contributed by atoms with Crippen LogP contribution in [0.4, 0.5) is 14.6 Å². The van der Waals surface area contributed by atoms with Crippen molar-refractivity contribution >= 4 is 11.7 Å². The third-order valence-corrected chi connectivity index (χ3v) is 5.60. The highest BCUT2D eigenvalue weighted by Gasteiger charge is 2.39. The number of rotatable bonds is 7. The minimum absolute atomic E-state index is 0.0229. The molecule has 2 saturated carbocycles. The maximum absolute atomic E-state index is 13.4. The van der Waals surface area contributed by atoms with Gasteiger partial charge in [0.25, 0.3) is 0 Å². The number of hydrogen-bond acceptors (Lipinski definition) is 4. The summed E-state index contributed by atoms with van der Waals surface area (Å²) < 4.78 is 33.9. The third-order valence-electron chi connectivity index (χ3n) is 5.60. The molecular formula is C19H25F2N5O2. The fourth-order valence-electron chi connectivity index (χ4n) is 3.97. The van der Waals surface area contributed by atoms with Crippen LogP contribution in [0, 0.1) is 11.6 Å². The lowest BCUT2D eigenvalue weighted by molar-refractivity contribution is 0.0308. The molecular weight excluding hydrogens is 368 g/mol. The number of aromatic amines is 1. The first-order chi connectivity index (χ1) is 13.5. The molecule has 2 aliphatic carbocycles. The number of aliphatic imine (C=N–C) groups is 1. The van der Waals surface area contributed by atoms with E-state index in [1.807, 2.05) is 4.68 Å². The van der Waals surface area contributed by atoms with E-state index in [1.165, 1.54) is 6.07 Å². The molecule has 152 valence electrons. The second-order valence-electron chi connectivity index (χ2n) is 7.52. The number of halogens is 2. The van der Waals surface area contributed by atoms with Crippen LogP contribution in [0.25, 0.3) is 0 Å². The molecule has 0 radical (unpaired) electrons. The predicted octanol–water partition coefficient (Wildman–Crippen LogP) is 2.04. The summed E-state index contributed by atoms with van der Waals surface area (Å²) in [5.41, 5.74) is 13.6. The van der Waals surface area contributed by atoms with E-state index in [0.717, 1.165) is 37.3 Å². The maximum Gasteiger partial charge on any atom is 0.159 e. The Morgan fingerprint density at radius 3 is 2.82 bits per heavy atom. The molecule has 4 atom stereocenters. The quantitative estimate of drug-likeness (QED) is 0.426. The van der Waals surface area contributed by atoms with E-state index < -0.39 is 11.6 Å². The monoisotopic (exact) mass is 393 g/mol. The number of aromatic nitrogens is 2. The highest BCUT2D eigenvalue weighted by molar-refractivity contribution is 6.00. The normalized spacial score (nSPS) is 27.5. The Morgan fingerprint density at radius 1 is 1.29 bits per heavy atom. The molecule has 0 spiro atoms. The van der Waals surface area contributed by atoms with Gasteiger partial charge in [-0.15, -0.1) is 0 Å². The van der Waals surface area contributed by atoms with Gasteiger partial charge in [-0.2, -0.15) is 0 Å². The van der Waals surface area contributed by atoms with Crippen LogP contribution < -0.4 is 11.5 Å². The van der Waals surface area contributed by atoms with E-state index in [1.54, 1.807) is 6.07 Å². The second kappa shape index (κ2) is 7.56. The van der Waals surface area contributed by atoms with Gasteiger partial charge >= 0.3 is 0 Å². The molecule has 7 nitrogen and oxygen atoms in total. The molecule has 0 amide bonds. The Kier molecular flexibility index (Phi) is 5.11. The summed E-state index contributed by atoms with van der Waals surface area (Å²) in [4.78, 5) is 4.49. The third kappa shape index (κ3) is 3.64. The number of anilines is 1. The minimum atomic E-state index is -0.850. The number of nitrogens with two attached hydrogens (primary N) is 2. The SMILES string of the molecule is NC(=NC1CC1c1ccc(F)c(F)c1)c1[nH]n(C2CCC(OCCO)C2)c1N. The number of ether oxygens (including phenoxy) is 1. The summed E-state index contributed by atoms with van der Waals surface area (Å²) in [5, 5.41) is 12.0. The van der Waals surface area contributed by atoms with Crippen LogP contribution in [-0.4, -0.2) is 46.1 Å². The number of amidine groups is 1. The van der Waals surface area contributed by atoms with Gasteiger partial charge in [0, 0.05) is 5.92 Å². The van der Waals surface area contributed by atoms with Crippen molar-refractivity contribution in [3.05, 3.63) is 41.1 Å². The lowest BCUT2D eigenvalue weighted by Gasteiger charge is -2.25. The molecule has 0 saturated heterocycles. The lowest BCUT2D eigenvalue weighted by Crippen LogP contribution is -2.30. The van der Waals surface area contributed by atoms with Gasteiger partial charge in [-0.05, 0) is 43.4 Å². The maximum atomic E-state index is 13.4. The Labute approximate surface area is 161 Å². The Morgan fingerprint density at radius 2 is 2.11 bits per heavy atom. The number of nitrogens with one attached hydrogen (secondary N) is 1. The van der Waals surface area contributed by atoms with Crippen LogP contribution in [0.5, 0.6) is 0 Å². The van der Waals surface area contributed by atoms with Crippen LogP contribution in [0.3, 0.4) is 0 Å². The zero-order valence-electron chi connectivity index (χ0n) is 15.4. The first-order valence-electron chi connectivity index (χ1n) is 9.54. The molecule has 4 unspecified atom stereocenters. The Bertz CT molecular complexity index is 878. The van der Waals surface area contributed by atoms with E-state index in [0.29, 0.717) is 24.0 Å². The van der Waals surface area contributed by atoms with Crippen molar-refractivity contribution in [1.29, 1.82) is 0 Å². The highest BCUT2D eigenvalue weighted by Crippen LogP contribution is 2.44. The summed E-state index contributed by atoms with van der Waals surface area (Å²) in [5.74, 6) is -0.766. The number of H-pyrrole nitrogens is 1. The molecule has 0 bridgehead atoms. The summed E-state index contributed by atoms with van der Waals surface area (Å²) in [7, 11) is 0. The molecule has 4 rings (SSSR count). The summed E-state index contributed by atoms with van der Waals surface area (Å²) in [6, 6.07) is 4.11. The zero-order valence-corrected chi connectivity index (χ0v) is 15.4. The average molecular weight is 393 g/mol. The Hall–Kier alpha value is -2.39. The highest BCUT2D eigenvalue weighted by atomic mass is 19.2. The molecule has 1 aromatic heterocycles. The first-order valence-corrected chi connectivity index (χ1v) is 9.54. The van der Waals surface area contributed by atoms with E-state index in [-0.39, 0.29) is 30.7 Å². The zero-order chi connectivity index (χ0) is 19.8. The molecule has 0 aliphatic heterocycles. The summed E-state index contributed by atoms with van der Waals surface area (Å²) >= 11 is 0. The number of aliphatic hydroxyl groups is 1. The minimum Gasteiger partial charge on any atom is -0.394 e. The van der Waals surface area contributed by atoms with Gasteiger partial charge in [-0.3, -0.25) is 14.8 Å². The van der Waals surface area contributed by atoms with E-state index in [4.69, 9.17) is 21.3 Å². The second-order valence-corrected chi connectivity index (χ2v) is 7.52. The van der Waals surface area contributed by atoms with E-state index in [9.17, 15) is 8.78 Å². The fourth-order valence-corrected chi connectivity index (χ4v) is 3.97. The number of benzene rings is 1. The fraction of sp³-hybridized carbons (Fsp3) is 0.526. The number of aliphatic hydroxyl groups excluding tert-OH is 1. The van der Waals surface area contributed by atoms with Gasteiger partial charge in [0.2, 0.25) is 0 Å². The van der Waals surface area contributed by atoms with Crippen molar-refractivity contribution < 1.29 is 18.6 Å². The van der Waals surface area contributed by atoms with Crippen molar-refractivity contribution in [2.45, 2.75) is 49.8 Å². The molecule has 2 aliphatic rings. The van der Waals surface area contributed by atoms with Gasteiger partial charge in [-0.1, -0.05) is 6.07 Å². The van der Waals surface area contributed by atoms with Crippen molar-refractivity contribution in [3.8, 4) is 0 Å². The molecule has 1 aromatic carbocycles. The van der Waals surface area contributed by atoms with Crippen LogP contribution >= 0.6 is 0 Å². The van der Waals surface area contributed by atoms with Crippen molar-refractivity contribution in [2.24, 2.45) is 10.7 Å². The van der Waals surface area contributed by atoms with Crippen molar-refractivity contribution in [2.75, 3.05) is 18.9 Å². The van der Waals surface area contributed by atoms with Crippen LogP contribution in [0.15, 0.2) is 23.2 Å². The molecule has 2 aromatic rings. The van der Waals surface area contributed by atoms with Crippen LogP contribution in [0.1, 0.15) is 48.9 Å². The number of nitrogen functional groups attached to an aromatic ring is 1. The van der Waals surface area contributed by atoms with Gasteiger partial charge in [-0.25, -0.2) is 8.78 Å². The Balaban J connectivity index is 1.37. The molecule has 9 heteroatoms. The standard InChI is InChI=1S/C19H25F2N5O2/c20-14-4-1-10(7-15(14)21)13-9-16(13)24-18(22)17-19(23)26(25-17)11-2-3-12(8-11)28-6-5-27/h1,4,7,11-13,16,25,27H,2-3,5-6,8-9,23H2,(H2,22,24). The van der Waals surface area contributed by atoms with Crippen LogP contribution in [-0.2, 0) is 4.74 Å². The summed E-state index contributed by atoms with van der Waals surface area (Å²) in [6.07, 6.45) is 3.57. The van der Waals surface area contributed by atoms with Gasteiger partial charge in [0.15, 0.2) is 11.6 Å². The van der Waals surface area contributed by atoms with Gasteiger partial charge in [0.05, 0.1) is 31.4 Å². The van der Waals surface area contributed by atoms with Crippen molar-refractivity contribution in [1.82, 2.24) is 9.78 Å². The molecule has 6 N–H and O–H groups in total. The molecule has 1 heterocycles. The average Bonchev–Trinajstić information content (AvgIpc) is 3.27. The number of nitrogens with zero attached hydrogens (tertiary/aromatic N) is 2. The van der Waals surface area contributed by atoms with Gasteiger partial charge < -0.3 is 21.3 Å². The van der Waals surface area contributed by atoms with E-state index >= 15 is 0 Å². The topological polar surface area (TPSA) is 115 Å². The smallest absolute Gasteiger partial charge is 0.159 e. The number of hydrogen-bond donors (Lipinski definition) is 4. The molecule has 2 fully saturated rings. The first kappa shape index (κ1) is 18.9. The van der Waals surface area contributed by atoms with E-state index in [2.05, 4.69) is 10.1 Å². The largest absolute Gasteiger partial charge is 0.394 e. The lowest BCUT2D eigenvalue weighted by atomic mass is 10.1. The predicted molar refractivity (Wildman–Crippen MR) is 101 cm³/mol. The van der Waals surface area contributed by atoms with Crippen LogP contribution in [0.2, 0.25) is 0 Å². The summed E-state index contributed by atoms with van der Waals surface area (Å²) in [6.45, 7) is 0.372. The molecule has 28 heavy (non-hydrogen) atoms.